The second kappa shape index (κ2) is 35.3. The van der Waals surface area contributed by atoms with Crippen molar-refractivity contribution in [2.45, 2.75) is 219 Å². The highest BCUT2D eigenvalue weighted by Crippen LogP contribution is 2.43. The van der Waals surface area contributed by atoms with E-state index in [0.717, 1.165) is 38.5 Å². The number of aliphatic hydroxyl groups excluding tert-OH is 1. The molecule has 282 valence electrons. The Morgan fingerprint density at radius 3 is 1.36 bits per heavy atom. The Bertz CT molecular complexity index is 714. The van der Waals surface area contributed by atoms with E-state index < -0.39 is 20.0 Å². The maximum atomic E-state index is 12.7. The number of amides is 1. The van der Waals surface area contributed by atoms with Gasteiger partial charge in [0, 0.05) is 13.0 Å². The highest BCUT2D eigenvalue weighted by atomic mass is 31.2. The van der Waals surface area contributed by atoms with Crippen molar-refractivity contribution in [2.24, 2.45) is 5.73 Å². The van der Waals surface area contributed by atoms with Crippen LogP contribution in [0.3, 0.4) is 0 Å². The van der Waals surface area contributed by atoms with Crippen molar-refractivity contribution in [2.75, 3.05) is 19.8 Å². The molecule has 9 heteroatoms. The van der Waals surface area contributed by atoms with Crippen molar-refractivity contribution in [3.8, 4) is 0 Å². The number of carbonyl (C=O) groups excluding carboxylic acids is 1. The van der Waals surface area contributed by atoms with Crippen LogP contribution in [0.4, 0.5) is 0 Å². The van der Waals surface area contributed by atoms with E-state index >= 15 is 0 Å². The number of rotatable bonds is 38. The van der Waals surface area contributed by atoms with Crippen LogP contribution < -0.4 is 11.1 Å². The normalized spacial score (nSPS) is 14.2. The van der Waals surface area contributed by atoms with Gasteiger partial charge in [-0.25, -0.2) is 4.57 Å². The van der Waals surface area contributed by atoms with Crippen LogP contribution in [0.25, 0.3) is 0 Å². The molecular formula is C38H79N2O6P. The van der Waals surface area contributed by atoms with Gasteiger partial charge in [0.25, 0.3) is 0 Å². The summed E-state index contributed by atoms with van der Waals surface area (Å²) in [6, 6.07) is -0.765. The van der Waals surface area contributed by atoms with Gasteiger partial charge in [-0.15, -0.1) is 0 Å². The van der Waals surface area contributed by atoms with E-state index in [9.17, 15) is 19.4 Å². The van der Waals surface area contributed by atoms with Gasteiger partial charge in [0.1, 0.15) is 0 Å². The van der Waals surface area contributed by atoms with Crippen LogP contribution in [-0.2, 0) is 18.4 Å². The fraction of sp³-hybridized carbons (Fsp3) is 0.974. The topological polar surface area (TPSA) is 131 Å². The first-order chi connectivity index (χ1) is 22.9. The van der Waals surface area contributed by atoms with Gasteiger partial charge in [-0.05, 0) is 12.8 Å². The molecule has 0 radical (unpaired) electrons. The maximum absolute atomic E-state index is 12.7. The van der Waals surface area contributed by atoms with Gasteiger partial charge in [0.15, 0.2) is 0 Å². The summed E-state index contributed by atoms with van der Waals surface area (Å²) in [7, 11) is -4.30. The lowest BCUT2D eigenvalue weighted by Crippen LogP contribution is -2.46. The van der Waals surface area contributed by atoms with Crippen molar-refractivity contribution in [1.82, 2.24) is 5.32 Å². The zero-order valence-electron chi connectivity index (χ0n) is 31.0. The van der Waals surface area contributed by atoms with Crippen LogP contribution in [0, 0.1) is 0 Å². The number of hydrogen-bond acceptors (Lipinski definition) is 6. The maximum Gasteiger partial charge on any atom is 0.472 e. The number of unbranched alkanes of at least 4 members (excludes halogenated alkanes) is 26. The second-order valence-electron chi connectivity index (χ2n) is 13.9. The van der Waals surface area contributed by atoms with Crippen molar-refractivity contribution in [1.29, 1.82) is 0 Å². The summed E-state index contributed by atoms with van der Waals surface area (Å²) in [5.74, 6) is -0.159. The number of carbonyl (C=O) groups is 1. The molecule has 3 atom stereocenters. The number of nitrogens with two attached hydrogens (primary N) is 1. The number of hydrogen-bond donors (Lipinski definition) is 4. The van der Waals surface area contributed by atoms with Gasteiger partial charge in [-0.3, -0.25) is 13.8 Å². The van der Waals surface area contributed by atoms with E-state index in [1.54, 1.807) is 0 Å². The molecule has 1 unspecified atom stereocenters. The van der Waals surface area contributed by atoms with Crippen LogP contribution in [-0.4, -0.2) is 47.8 Å². The van der Waals surface area contributed by atoms with Crippen molar-refractivity contribution in [3.05, 3.63) is 0 Å². The Morgan fingerprint density at radius 2 is 0.979 bits per heavy atom. The molecule has 0 heterocycles. The molecule has 0 bridgehead atoms. The minimum atomic E-state index is -4.30. The number of phosphoric ester groups is 1. The van der Waals surface area contributed by atoms with Crippen LogP contribution >= 0.6 is 7.82 Å². The van der Waals surface area contributed by atoms with Crippen LogP contribution in [0.1, 0.15) is 206 Å². The second-order valence-corrected chi connectivity index (χ2v) is 15.3. The molecule has 47 heavy (non-hydrogen) atoms. The van der Waals surface area contributed by atoms with Gasteiger partial charge in [0.05, 0.1) is 25.4 Å². The van der Waals surface area contributed by atoms with Gasteiger partial charge < -0.3 is 21.1 Å². The standard InChI is InChI=1S/C38H79N2O6P/c1-3-5-7-9-11-13-15-16-17-18-19-20-22-24-26-28-30-32-38(42)40-36(35-46-47(43,44)45-34-33-39)37(41)31-29-27-25-23-21-14-12-10-8-6-4-2/h36-37,41H,3-35,39H2,1-2H3,(H,40,42)(H,43,44)/t36-,37+/m0/s1. The van der Waals surface area contributed by atoms with Crippen LogP contribution in [0.5, 0.6) is 0 Å². The Hall–Kier alpha value is -0.500. The third kappa shape index (κ3) is 33.8. The summed E-state index contributed by atoms with van der Waals surface area (Å²) in [5.41, 5.74) is 5.36. The molecule has 0 aliphatic carbocycles. The molecule has 5 N–H and O–H groups in total. The molecule has 0 rings (SSSR count). The van der Waals surface area contributed by atoms with E-state index in [4.69, 9.17) is 14.8 Å². The Morgan fingerprint density at radius 1 is 0.617 bits per heavy atom. The Balaban J connectivity index is 4.13. The molecule has 0 saturated carbocycles. The van der Waals surface area contributed by atoms with Crippen LogP contribution in [0.15, 0.2) is 0 Å². The minimum absolute atomic E-state index is 0.0922. The van der Waals surface area contributed by atoms with E-state index in [0.29, 0.717) is 12.8 Å². The van der Waals surface area contributed by atoms with E-state index in [1.165, 1.54) is 141 Å². The molecular weight excluding hydrogens is 611 g/mol. The van der Waals surface area contributed by atoms with Gasteiger partial charge >= 0.3 is 7.82 Å². The van der Waals surface area contributed by atoms with Crippen molar-refractivity contribution in [3.63, 3.8) is 0 Å². The summed E-state index contributed by atoms with van der Waals surface area (Å²) in [4.78, 5) is 22.6. The van der Waals surface area contributed by atoms with Crippen molar-refractivity contribution >= 4 is 13.7 Å². The third-order valence-corrected chi connectivity index (χ3v) is 10.2. The molecule has 0 aliphatic heterocycles. The highest BCUT2D eigenvalue weighted by Gasteiger charge is 2.27. The SMILES string of the molecule is CCCCCCCCCCCCCCCCCCCC(=O)N[C@@H](COP(=O)(O)OCCN)[C@H](O)CCCCCCCCCCCCC. The largest absolute Gasteiger partial charge is 0.472 e. The lowest BCUT2D eigenvalue weighted by molar-refractivity contribution is -0.123. The first-order valence-corrected chi connectivity index (χ1v) is 21.6. The van der Waals surface area contributed by atoms with E-state index in [1.807, 2.05) is 0 Å². The average molecular weight is 691 g/mol. The predicted octanol–water partition coefficient (Wildman–Crippen LogP) is 10.7. The zero-order valence-corrected chi connectivity index (χ0v) is 31.9. The number of phosphoric acid groups is 1. The molecule has 0 aromatic carbocycles. The number of aliphatic hydroxyl groups is 1. The molecule has 0 aromatic rings. The number of nitrogens with one attached hydrogen (secondary N) is 1. The van der Waals surface area contributed by atoms with Crippen molar-refractivity contribution < 1.29 is 28.4 Å². The minimum Gasteiger partial charge on any atom is -0.391 e. The van der Waals surface area contributed by atoms with Gasteiger partial charge in [0.2, 0.25) is 5.91 Å². The average Bonchev–Trinajstić information content (AvgIpc) is 3.05. The smallest absolute Gasteiger partial charge is 0.391 e. The lowest BCUT2D eigenvalue weighted by Gasteiger charge is -2.25. The molecule has 0 saturated heterocycles. The monoisotopic (exact) mass is 691 g/mol. The predicted molar refractivity (Wildman–Crippen MR) is 199 cm³/mol. The zero-order chi connectivity index (χ0) is 34.7. The Labute approximate surface area is 291 Å². The summed E-state index contributed by atoms with van der Waals surface area (Å²) in [6.07, 6.45) is 35.3. The first kappa shape index (κ1) is 46.5. The Kier molecular flexibility index (Phi) is 35.0. The molecule has 0 spiro atoms. The molecule has 8 nitrogen and oxygen atoms in total. The summed E-state index contributed by atoms with van der Waals surface area (Å²) in [6.45, 7) is 4.21. The van der Waals surface area contributed by atoms with E-state index in [2.05, 4.69) is 19.2 Å². The first-order valence-electron chi connectivity index (χ1n) is 20.2. The molecule has 0 aromatic heterocycles. The molecule has 0 fully saturated rings. The third-order valence-electron chi connectivity index (χ3n) is 9.21. The quantitative estimate of drug-likeness (QED) is 0.0374. The van der Waals surface area contributed by atoms with Gasteiger partial charge in [-0.1, -0.05) is 187 Å². The van der Waals surface area contributed by atoms with E-state index in [-0.39, 0.29) is 25.7 Å². The summed E-state index contributed by atoms with van der Waals surface area (Å²) < 4.78 is 22.1. The van der Waals surface area contributed by atoms with Gasteiger partial charge in [-0.2, -0.15) is 0 Å². The summed E-state index contributed by atoms with van der Waals surface area (Å²) in [5, 5.41) is 13.7. The van der Waals surface area contributed by atoms with Crippen LogP contribution in [0.2, 0.25) is 0 Å². The molecule has 1 amide bonds. The summed E-state index contributed by atoms with van der Waals surface area (Å²) >= 11 is 0. The lowest BCUT2D eigenvalue weighted by atomic mass is 10.0. The fourth-order valence-electron chi connectivity index (χ4n) is 6.14. The highest BCUT2D eigenvalue weighted by molar-refractivity contribution is 7.47. The molecule has 0 aliphatic rings. The fourth-order valence-corrected chi connectivity index (χ4v) is 6.90.